The van der Waals surface area contributed by atoms with Crippen LogP contribution in [0.3, 0.4) is 0 Å². The van der Waals surface area contributed by atoms with Crippen molar-refractivity contribution in [1.29, 1.82) is 0 Å². The number of carbonyl (C=O) groups is 1. The molecule has 0 aliphatic carbocycles. The fourth-order valence-corrected chi connectivity index (χ4v) is 3.36. The minimum Gasteiger partial charge on any atom is -0.296 e. The number of halogens is 1. The Morgan fingerprint density at radius 2 is 2.12 bits per heavy atom. The van der Waals surface area contributed by atoms with Crippen molar-refractivity contribution in [2.75, 3.05) is 13.6 Å². The molecule has 0 aliphatic heterocycles. The van der Waals surface area contributed by atoms with Gasteiger partial charge in [0.1, 0.15) is 0 Å². The maximum atomic E-state index is 12.0. The number of nitrogens with zero attached hydrogens (tertiary/aromatic N) is 1. The lowest BCUT2D eigenvalue weighted by molar-refractivity contribution is 0.0919. The summed E-state index contributed by atoms with van der Waals surface area (Å²) in [7, 11) is 2.02. The van der Waals surface area contributed by atoms with Crippen molar-refractivity contribution in [2.24, 2.45) is 0 Å². The third-order valence-corrected chi connectivity index (χ3v) is 4.71. The summed E-state index contributed by atoms with van der Waals surface area (Å²) in [5.74, 6) is 0.205. The van der Waals surface area contributed by atoms with Crippen LogP contribution in [-0.2, 0) is 0 Å². The number of Topliss-reactive ketones (excluding diaryl/α,β-unsaturated/α-hetero) is 1. The molecule has 0 aliphatic rings. The molecule has 0 saturated heterocycles. The first kappa shape index (κ1) is 13.9. The molecule has 0 N–H and O–H groups in total. The van der Waals surface area contributed by atoms with Gasteiger partial charge in [-0.2, -0.15) is 0 Å². The van der Waals surface area contributed by atoms with Crippen LogP contribution in [0.1, 0.15) is 36.4 Å². The normalized spacial score (nSPS) is 11.4. The van der Waals surface area contributed by atoms with Crippen molar-refractivity contribution in [3.8, 4) is 0 Å². The third kappa shape index (κ3) is 3.40. The van der Waals surface area contributed by atoms with Gasteiger partial charge >= 0.3 is 0 Å². The van der Waals surface area contributed by atoms with Crippen LogP contribution in [-0.4, -0.2) is 30.3 Å². The number of thiophene rings is 1. The topological polar surface area (TPSA) is 20.3 Å². The van der Waals surface area contributed by atoms with Crippen LogP contribution < -0.4 is 0 Å². The fraction of sp³-hybridized carbons (Fsp3) is 0.583. The molecule has 2 nitrogen and oxygen atoms in total. The molecule has 0 bridgehead atoms. The summed E-state index contributed by atoms with van der Waals surface area (Å²) >= 11 is 4.90. The highest BCUT2D eigenvalue weighted by atomic mass is 79.9. The van der Waals surface area contributed by atoms with E-state index in [9.17, 15) is 4.79 Å². The molecule has 0 saturated carbocycles. The van der Waals surface area contributed by atoms with Crippen molar-refractivity contribution in [1.82, 2.24) is 4.90 Å². The van der Waals surface area contributed by atoms with E-state index in [1.165, 1.54) is 11.3 Å². The van der Waals surface area contributed by atoms with Gasteiger partial charge in [0, 0.05) is 10.5 Å². The lowest BCUT2D eigenvalue weighted by atomic mass is 10.1. The lowest BCUT2D eigenvalue weighted by Gasteiger charge is -2.25. The van der Waals surface area contributed by atoms with Gasteiger partial charge in [0.25, 0.3) is 0 Å². The van der Waals surface area contributed by atoms with Crippen molar-refractivity contribution in [3.05, 3.63) is 20.8 Å². The van der Waals surface area contributed by atoms with Gasteiger partial charge in [-0.05, 0) is 47.3 Å². The van der Waals surface area contributed by atoms with Gasteiger partial charge < -0.3 is 0 Å². The predicted molar refractivity (Wildman–Crippen MR) is 73.3 cm³/mol. The second-order valence-electron chi connectivity index (χ2n) is 3.91. The highest BCUT2D eigenvalue weighted by Gasteiger charge is 2.17. The molecule has 4 heteroatoms. The molecule has 0 amide bonds. The van der Waals surface area contributed by atoms with E-state index >= 15 is 0 Å². The smallest absolute Gasteiger partial charge is 0.187 e. The Labute approximate surface area is 110 Å². The average molecular weight is 304 g/mol. The molecule has 0 spiro atoms. The van der Waals surface area contributed by atoms with E-state index in [2.05, 4.69) is 34.7 Å². The molecule has 1 heterocycles. The monoisotopic (exact) mass is 303 g/mol. The number of rotatable bonds is 6. The number of hydrogen-bond acceptors (Lipinski definition) is 3. The molecule has 0 unspecified atom stereocenters. The quantitative estimate of drug-likeness (QED) is 0.745. The van der Waals surface area contributed by atoms with Crippen molar-refractivity contribution >= 4 is 33.0 Å². The summed E-state index contributed by atoms with van der Waals surface area (Å²) in [6.07, 6.45) is 2.18. The Morgan fingerprint density at radius 1 is 1.50 bits per heavy atom. The van der Waals surface area contributed by atoms with Crippen LogP contribution in [0.4, 0.5) is 0 Å². The van der Waals surface area contributed by atoms with E-state index in [0.29, 0.717) is 12.6 Å². The van der Waals surface area contributed by atoms with Gasteiger partial charge in [-0.25, -0.2) is 0 Å². The van der Waals surface area contributed by atoms with Gasteiger partial charge in [-0.15, -0.1) is 11.3 Å². The van der Waals surface area contributed by atoms with Crippen LogP contribution in [0.15, 0.2) is 15.9 Å². The SMILES string of the molecule is CCC(CC)N(C)CC(=O)c1sccc1Br. The first-order valence-corrected chi connectivity index (χ1v) is 7.23. The molecule has 1 aromatic rings. The van der Waals surface area contributed by atoms with Gasteiger partial charge in [-0.1, -0.05) is 13.8 Å². The van der Waals surface area contributed by atoms with Gasteiger partial charge in [-0.3, -0.25) is 9.69 Å². The second kappa shape index (κ2) is 6.52. The third-order valence-electron chi connectivity index (χ3n) is 2.83. The van der Waals surface area contributed by atoms with E-state index in [1.807, 2.05) is 18.5 Å². The van der Waals surface area contributed by atoms with E-state index < -0.39 is 0 Å². The highest BCUT2D eigenvalue weighted by Crippen LogP contribution is 2.23. The molecule has 0 atom stereocenters. The first-order valence-electron chi connectivity index (χ1n) is 5.56. The molecule has 90 valence electrons. The van der Waals surface area contributed by atoms with Crippen LogP contribution in [0.5, 0.6) is 0 Å². The summed E-state index contributed by atoms with van der Waals surface area (Å²) in [4.78, 5) is 15.0. The summed E-state index contributed by atoms with van der Waals surface area (Å²) < 4.78 is 0.917. The Bertz CT molecular complexity index is 347. The number of likely N-dealkylation sites (N-methyl/N-ethyl adjacent to an activating group) is 1. The molecular formula is C12H18BrNOS. The standard InChI is InChI=1S/C12H18BrNOS/c1-4-9(5-2)14(3)8-11(15)12-10(13)6-7-16-12/h6-7,9H,4-5,8H2,1-3H3. The zero-order chi connectivity index (χ0) is 12.1. The van der Waals surface area contributed by atoms with Crippen LogP contribution in [0, 0.1) is 0 Å². The highest BCUT2D eigenvalue weighted by molar-refractivity contribution is 9.10. The molecular weight excluding hydrogens is 286 g/mol. The first-order chi connectivity index (χ1) is 7.60. The second-order valence-corrected chi connectivity index (χ2v) is 5.68. The minimum atomic E-state index is 0.205. The Balaban J connectivity index is 2.61. The van der Waals surface area contributed by atoms with Gasteiger partial charge in [0.15, 0.2) is 5.78 Å². The van der Waals surface area contributed by atoms with E-state index in [1.54, 1.807) is 0 Å². The fourth-order valence-electron chi connectivity index (χ4n) is 1.83. The largest absolute Gasteiger partial charge is 0.296 e. The lowest BCUT2D eigenvalue weighted by Crippen LogP contribution is -2.34. The van der Waals surface area contributed by atoms with Crippen LogP contribution in [0.25, 0.3) is 0 Å². The van der Waals surface area contributed by atoms with Crippen molar-refractivity contribution in [3.63, 3.8) is 0 Å². The van der Waals surface area contributed by atoms with E-state index in [-0.39, 0.29) is 5.78 Å². The molecule has 1 aromatic heterocycles. The molecule has 1 rings (SSSR count). The summed E-state index contributed by atoms with van der Waals surface area (Å²) in [5.41, 5.74) is 0. The van der Waals surface area contributed by atoms with Crippen molar-refractivity contribution < 1.29 is 4.79 Å². The minimum absolute atomic E-state index is 0.205. The number of hydrogen-bond donors (Lipinski definition) is 0. The van der Waals surface area contributed by atoms with E-state index in [0.717, 1.165) is 22.2 Å². The predicted octanol–water partition coefficient (Wildman–Crippen LogP) is 3.81. The summed E-state index contributed by atoms with van der Waals surface area (Å²) in [5, 5.41) is 1.94. The Kier molecular flexibility index (Phi) is 5.66. The maximum Gasteiger partial charge on any atom is 0.187 e. The number of carbonyl (C=O) groups excluding carboxylic acids is 1. The number of ketones is 1. The maximum absolute atomic E-state index is 12.0. The summed E-state index contributed by atoms with van der Waals surface area (Å²) in [6.45, 7) is 4.83. The van der Waals surface area contributed by atoms with Crippen molar-refractivity contribution in [2.45, 2.75) is 32.7 Å². The molecule has 0 aromatic carbocycles. The van der Waals surface area contributed by atoms with Crippen LogP contribution in [0.2, 0.25) is 0 Å². The summed E-state index contributed by atoms with van der Waals surface area (Å²) in [6, 6.07) is 2.43. The zero-order valence-corrected chi connectivity index (χ0v) is 12.4. The van der Waals surface area contributed by atoms with Gasteiger partial charge in [0.2, 0.25) is 0 Å². The average Bonchev–Trinajstić information content (AvgIpc) is 2.66. The van der Waals surface area contributed by atoms with E-state index in [4.69, 9.17) is 0 Å². The Hall–Kier alpha value is -0.190. The molecule has 16 heavy (non-hydrogen) atoms. The molecule has 0 fully saturated rings. The Morgan fingerprint density at radius 3 is 2.56 bits per heavy atom. The molecule has 0 radical (unpaired) electrons. The zero-order valence-electron chi connectivity index (χ0n) is 10.00. The van der Waals surface area contributed by atoms with Crippen LogP contribution >= 0.6 is 27.3 Å². The van der Waals surface area contributed by atoms with Gasteiger partial charge in [0.05, 0.1) is 11.4 Å².